The number of halogens is 4. The summed E-state index contributed by atoms with van der Waals surface area (Å²) in [4.78, 5) is 16.2. The van der Waals surface area contributed by atoms with Crippen molar-refractivity contribution in [3.8, 4) is 5.75 Å². The summed E-state index contributed by atoms with van der Waals surface area (Å²) in [7, 11) is 0. The first-order chi connectivity index (χ1) is 19.6. The van der Waals surface area contributed by atoms with Crippen LogP contribution in [0.25, 0.3) is 0 Å². The number of aryl methyl sites for hydroxylation is 2. The monoisotopic (exact) mass is 574 g/mol. The lowest BCUT2D eigenvalue weighted by molar-refractivity contribution is -0.274. The lowest BCUT2D eigenvalue weighted by Gasteiger charge is -2.13. The van der Waals surface area contributed by atoms with Crippen LogP contribution in [0.3, 0.4) is 0 Å². The van der Waals surface area contributed by atoms with Crippen molar-refractivity contribution in [2.45, 2.75) is 51.4 Å². The molecule has 1 atom stereocenters. The number of benzene rings is 1. The third-order valence-electron chi connectivity index (χ3n) is 5.70. The molecule has 1 aromatic carbocycles. The molecule has 0 bridgehead atoms. The fourth-order valence-corrected chi connectivity index (χ4v) is 3.74. The van der Waals surface area contributed by atoms with Crippen LogP contribution in [-0.4, -0.2) is 47.6 Å². The number of hydrogen-bond donors (Lipinski definition) is 3. The number of unbranched alkanes of at least 4 members (excludes halogenated alkanes) is 1. The lowest BCUT2D eigenvalue weighted by Crippen LogP contribution is -2.22. The van der Waals surface area contributed by atoms with E-state index >= 15 is 0 Å². The van der Waals surface area contributed by atoms with Crippen molar-refractivity contribution in [2.75, 3.05) is 5.32 Å². The van der Waals surface area contributed by atoms with Crippen LogP contribution in [0.2, 0.25) is 0 Å². The van der Waals surface area contributed by atoms with Crippen LogP contribution in [0.5, 0.6) is 5.75 Å². The first kappa shape index (κ1) is 29.5. The number of aromatic nitrogens is 6. The van der Waals surface area contributed by atoms with Gasteiger partial charge in [0.15, 0.2) is 12.0 Å². The Bertz CT molecular complexity index is 1420. The molecule has 4 rings (SSSR count). The van der Waals surface area contributed by atoms with Gasteiger partial charge in [-0.05, 0) is 61.7 Å². The van der Waals surface area contributed by atoms with E-state index in [0.717, 1.165) is 30.3 Å². The number of alkyl halides is 3. The van der Waals surface area contributed by atoms with Crippen LogP contribution in [0, 0.1) is 5.82 Å². The second-order valence-electron chi connectivity index (χ2n) is 8.90. The molecule has 3 aromatic heterocycles. The molecule has 3 heterocycles. The minimum absolute atomic E-state index is 0.124. The number of hydrogen-bond acceptors (Lipinski definition) is 9. The molecule has 0 aliphatic rings. The highest BCUT2D eigenvalue weighted by Crippen LogP contribution is 2.25. The number of amides is 1. The van der Waals surface area contributed by atoms with Crippen LogP contribution >= 0.6 is 0 Å². The topological polar surface area (TPSA) is 140 Å². The first-order valence-corrected chi connectivity index (χ1v) is 12.5. The summed E-state index contributed by atoms with van der Waals surface area (Å²) in [5.74, 6) is -1.22. The van der Waals surface area contributed by atoms with Gasteiger partial charge in [-0.25, -0.2) is 4.39 Å². The number of rotatable bonds is 13. The highest BCUT2D eigenvalue weighted by Gasteiger charge is 2.31. The normalized spacial score (nSPS) is 12.2. The van der Waals surface area contributed by atoms with Gasteiger partial charge in [-0.3, -0.25) is 19.8 Å². The van der Waals surface area contributed by atoms with Gasteiger partial charge < -0.3 is 15.2 Å². The summed E-state index contributed by atoms with van der Waals surface area (Å²) in [5.41, 5.74) is 1.45. The zero-order chi connectivity index (χ0) is 29.2. The predicted molar refractivity (Wildman–Crippen MR) is 136 cm³/mol. The number of ether oxygens (including phenoxy) is 1. The minimum Gasteiger partial charge on any atom is -0.406 e. The largest absolute Gasteiger partial charge is 0.573 e. The molecule has 0 saturated heterocycles. The SMILES string of the molecule is O=C(Cc1ccccn1)Nc1ccc(CCCCn2cc(C(O)NCc3cc(OC(F)(F)F)ccc3F)nn2)nn1. The highest BCUT2D eigenvalue weighted by molar-refractivity contribution is 5.91. The quantitative estimate of drug-likeness (QED) is 0.124. The van der Waals surface area contributed by atoms with Crippen molar-refractivity contribution in [1.29, 1.82) is 0 Å². The van der Waals surface area contributed by atoms with E-state index in [4.69, 9.17) is 0 Å². The number of carbonyl (C=O) groups excluding carboxylic acids is 1. The predicted octanol–water partition coefficient (Wildman–Crippen LogP) is 3.49. The Labute approximate surface area is 231 Å². The summed E-state index contributed by atoms with van der Waals surface area (Å²) < 4.78 is 56.5. The van der Waals surface area contributed by atoms with Crippen LogP contribution in [0.1, 0.15) is 41.7 Å². The van der Waals surface area contributed by atoms with Gasteiger partial charge in [0.2, 0.25) is 5.91 Å². The molecule has 15 heteroatoms. The number of aliphatic hydroxyl groups excluding tert-OH is 1. The van der Waals surface area contributed by atoms with Gasteiger partial charge in [0.05, 0.1) is 18.3 Å². The van der Waals surface area contributed by atoms with E-state index in [9.17, 15) is 27.5 Å². The zero-order valence-corrected chi connectivity index (χ0v) is 21.6. The molecular weight excluding hydrogens is 548 g/mol. The maximum atomic E-state index is 14.0. The molecule has 41 heavy (non-hydrogen) atoms. The second-order valence-corrected chi connectivity index (χ2v) is 8.90. The van der Waals surface area contributed by atoms with Crippen molar-refractivity contribution in [3.05, 3.63) is 89.4 Å². The Hall–Kier alpha value is -4.50. The number of nitrogens with one attached hydrogen (secondary N) is 2. The molecule has 0 fully saturated rings. The van der Waals surface area contributed by atoms with Crippen molar-refractivity contribution in [2.24, 2.45) is 0 Å². The van der Waals surface area contributed by atoms with Crippen molar-refractivity contribution in [3.63, 3.8) is 0 Å². The number of anilines is 1. The molecule has 11 nitrogen and oxygen atoms in total. The Kier molecular flexibility index (Phi) is 9.86. The third-order valence-corrected chi connectivity index (χ3v) is 5.70. The maximum absolute atomic E-state index is 14.0. The minimum atomic E-state index is -4.90. The van der Waals surface area contributed by atoms with Crippen molar-refractivity contribution in [1.82, 2.24) is 35.5 Å². The van der Waals surface area contributed by atoms with Crippen LogP contribution in [-0.2, 0) is 30.7 Å². The van der Waals surface area contributed by atoms with Gasteiger partial charge in [0.25, 0.3) is 0 Å². The fourth-order valence-electron chi connectivity index (χ4n) is 3.74. The van der Waals surface area contributed by atoms with E-state index in [1.165, 1.54) is 10.9 Å². The maximum Gasteiger partial charge on any atom is 0.573 e. The molecule has 1 amide bonds. The van der Waals surface area contributed by atoms with E-state index in [-0.39, 0.29) is 30.1 Å². The summed E-state index contributed by atoms with van der Waals surface area (Å²) in [6.07, 6.45) is -0.847. The van der Waals surface area contributed by atoms with E-state index in [1.54, 1.807) is 30.5 Å². The Morgan fingerprint density at radius 2 is 1.90 bits per heavy atom. The molecule has 0 spiro atoms. The molecule has 0 aliphatic heterocycles. The summed E-state index contributed by atoms with van der Waals surface area (Å²) in [6.45, 7) is 0.225. The average molecular weight is 575 g/mol. The summed E-state index contributed by atoms with van der Waals surface area (Å²) in [5, 5.41) is 31.6. The van der Waals surface area contributed by atoms with Crippen LogP contribution < -0.4 is 15.4 Å². The highest BCUT2D eigenvalue weighted by atomic mass is 19.4. The Morgan fingerprint density at radius 1 is 1.05 bits per heavy atom. The summed E-state index contributed by atoms with van der Waals surface area (Å²) in [6, 6.07) is 11.4. The van der Waals surface area contributed by atoms with E-state index in [1.807, 2.05) is 6.07 Å². The molecular formula is C26H26F4N8O3. The van der Waals surface area contributed by atoms with Gasteiger partial charge in [0, 0.05) is 30.5 Å². The second kappa shape index (κ2) is 13.7. The number of aliphatic hydroxyl groups is 1. The molecule has 216 valence electrons. The molecule has 1 unspecified atom stereocenters. The van der Waals surface area contributed by atoms with Crippen molar-refractivity contribution >= 4 is 11.7 Å². The Balaban J connectivity index is 1.17. The molecule has 0 radical (unpaired) electrons. The van der Waals surface area contributed by atoms with Gasteiger partial charge >= 0.3 is 6.36 Å². The number of nitrogens with zero attached hydrogens (tertiary/aromatic N) is 6. The first-order valence-electron chi connectivity index (χ1n) is 12.5. The Morgan fingerprint density at radius 3 is 2.63 bits per heavy atom. The van der Waals surface area contributed by atoms with Gasteiger partial charge in [-0.15, -0.1) is 23.4 Å². The summed E-state index contributed by atoms with van der Waals surface area (Å²) >= 11 is 0. The number of carbonyl (C=O) groups is 1. The molecule has 0 aliphatic carbocycles. The van der Waals surface area contributed by atoms with Gasteiger partial charge in [-0.1, -0.05) is 11.3 Å². The number of pyridine rings is 1. The van der Waals surface area contributed by atoms with Gasteiger partial charge in [-0.2, -0.15) is 5.10 Å². The standard InChI is InChI=1S/C26H26F4N8O3/c27-21-9-8-20(41-26(28,29)30)13-17(21)15-32-25(40)22-16-38(37-35-22)12-4-2-5-18-7-10-23(36-34-18)33-24(39)14-19-6-1-3-11-31-19/h1,3,6-11,13,16,25,32,40H,2,4-5,12,14-15H2,(H,33,36,39). The molecule has 3 N–H and O–H groups in total. The zero-order valence-electron chi connectivity index (χ0n) is 21.6. The third kappa shape index (κ3) is 9.58. The van der Waals surface area contributed by atoms with E-state index in [0.29, 0.717) is 30.9 Å². The molecule has 4 aromatic rings. The van der Waals surface area contributed by atoms with Crippen LogP contribution in [0.15, 0.2) is 60.9 Å². The van der Waals surface area contributed by atoms with Crippen molar-refractivity contribution < 1.29 is 32.2 Å². The average Bonchev–Trinajstić information content (AvgIpc) is 3.41. The van der Waals surface area contributed by atoms with Crippen LogP contribution in [0.4, 0.5) is 23.4 Å². The van der Waals surface area contributed by atoms with E-state index in [2.05, 4.69) is 40.9 Å². The fraction of sp³-hybridized carbons (Fsp3) is 0.308. The smallest absolute Gasteiger partial charge is 0.406 e. The lowest BCUT2D eigenvalue weighted by atomic mass is 10.2. The van der Waals surface area contributed by atoms with Gasteiger partial charge in [0.1, 0.15) is 17.3 Å². The van der Waals surface area contributed by atoms with E-state index < -0.39 is 24.2 Å². The molecule has 0 saturated carbocycles.